The lowest BCUT2D eigenvalue weighted by molar-refractivity contribution is 0.521. The van der Waals surface area contributed by atoms with E-state index in [1.807, 2.05) is 30.3 Å². The molecule has 0 bridgehead atoms. The number of nitrogens with zero attached hydrogens (tertiary/aromatic N) is 1. The van der Waals surface area contributed by atoms with Crippen molar-refractivity contribution in [2.45, 2.75) is 11.4 Å². The zero-order valence-electron chi connectivity index (χ0n) is 11.9. The van der Waals surface area contributed by atoms with Crippen molar-refractivity contribution < 1.29 is 8.42 Å². The van der Waals surface area contributed by atoms with Gasteiger partial charge in [0.15, 0.2) is 0 Å². The van der Waals surface area contributed by atoms with Crippen LogP contribution < -0.4 is 5.32 Å². The second kappa shape index (κ2) is 6.60. The van der Waals surface area contributed by atoms with Crippen molar-refractivity contribution >= 4 is 31.6 Å². The van der Waals surface area contributed by atoms with Gasteiger partial charge in [-0.25, -0.2) is 12.7 Å². The molecule has 0 saturated heterocycles. The minimum absolute atomic E-state index is 0.285. The maximum absolute atomic E-state index is 12.1. The van der Waals surface area contributed by atoms with Crippen molar-refractivity contribution in [3.05, 3.63) is 58.6 Å². The molecule has 2 rings (SSSR count). The molecule has 0 unspecified atom stereocenters. The molecule has 0 fully saturated rings. The molecular weight excluding hydrogens is 352 g/mol. The number of sulfonamides is 1. The average Bonchev–Trinajstić information content (AvgIpc) is 2.47. The van der Waals surface area contributed by atoms with Crippen LogP contribution in [-0.2, 0) is 16.6 Å². The minimum Gasteiger partial charge on any atom is -0.381 e. The normalized spacial score (nSPS) is 11.6. The molecule has 0 spiro atoms. The number of nitrogens with one attached hydrogen (secondary N) is 1. The summed E-state index contributed by atoms with van der Waals surface area (Å²) in [4.78, 5) is 0.285. The van der Waals surface area contributed by atoms with E-state index in [-0.39, 0.29) is 4.90 Å². The van der Waals surface area contributed by atoms with Gasteiger partial charge < -0.3 is 5.32 Å². The molecule has 0 saturated carbocycles. The van der Waals surface area contributed by atoms with E-state index >= 15 is 0 Å². The van der Waals surface area contributed by atoms with Crippen molar-refractivity contribution in [2.24, 2.45) is 0 Å². The molecule has 2 aromatic carbocycles. The molecule has 0 heterocycles. The van der Waals surface area contributed by atoms with Crippen molar-refractivity contribution in [2.75, 3.05) is 19.4 Å². The summed E-state index contributed by atoms with van der Waals surface area (Å²) < 4.78 is 26.4. The molecule has 112 valence electrons. The minimum atomic E-state index is -3.40. The fourth-order valence-corrected chi connectivity index (χ4v) is 3.00. The summed E-state index contributed by atoms with van der Waals surface area (Å²) >= 11 is 3.39. The van der Waals surface area contributed by atoms with Gasteiger partial charge in [-0.15, -0.1) is 0 Å². The van der Waals surface area contributed by atoms with Gasteiger partial charge >= 0.3 is 0 Å². The van der Waals surface area contributed by atoms with Crippen LogP contribution in [0.5, 0.6) is 0 Å². The Labute approximate surface area is 134 Å². The molecule has 1 N–H and O–H groups in total. The third kappa shape index (κ3) is 4.06. The van der Waals surface area contributed by atoms with Gasteiger partial charge in [-0.1, -0.05) is 34.1 Å². The summed E-state index contributed by atoms with van der Waals surface area (Å²) in [5, 5.41) is 3.23. The predicted octanol–water partition coefficient (Wildman–Crippen LogP) is 3.31. The average molecular weight is 369 g/mol. The van der Waals surface area contributed by atoms with Crippen LogP contribution in [0.15, 0.2) is 57.9 Å². The van der Waals surface area contributed by atoms with E-state index in [0.717, 1.165) is 15.7 Å². The highest BCUT2D eigenvalue weighted by molar-refractivity contribution is 9.10. The molecule has 0 aliphatic carbocycles. The number of hydrogen-bond donors (Lipinski definition) is 1. The molecule has 4 nitrogen and oxygen atoms in total. The maximum atomic E-state index is 12.1. The summed E-state index contributed by atoms with van der Waals surface area (Å²) in [5.41, 5.74) is 1.90. The summed E-state index contributed by atoms with van der Waals surface area (Å²) in [6.07, 6.45) is 0. The van der Waals surface area contributed by atoms with Gasteiger partial charge in [0.25, 0.3) is 0 Å². The van der Waals surface area contributed by atoms with E-state index in [2.05, 4.69) is 21.2 Å². The molecular formula is C15H17BrN2O2S. The van der Waals surface area contributed by atoms with E-state index in [4.69, 9.17) is 0 Å². The smallest absolute Gasteiger partial charge is 0.242 e. The topological polar surface area (TPSA) is 49.4 Å². The Morgan fingerprint density at radius 2 is 1.76 bits per heavy atom. The number of benzene rings is 2. The fraction of sp³-hybridized carbons (Fsp3) is 0.200. The third-order valence-electron chi connectivity index (χ3n) is 3.02. The highest BCUT2D eigenvalue weighted by atomic mass is 79.9. The zero-order chi connectivity index (χ0) is 15.5. The second-order valence-electron chi connectivity index (χ2n) is 4.80. The highest BCUT2D eigenvalue weighted by Gasteiger charge is 2.16. The van der Waals surface area contributed by atoms with Gasteiger partial charge in [0, 0.05) is 30.8 Å². The Morgan fingerprint density at radius 3 is 2.38 bits per heavy atom. The van der Waals surface area contributed by atoms with E-state index in [9.17, 15) is 8.42 Å². The molecule has 0 amide bonds. The largest absolute Gasteiger partial charge is 0.381 e. The SMILES string of the molecule is CN(C)S(=O)(=O)c1cccc(NCc2ccc(Br)cc2)c1. The number of anilines is 1. The van der Waals surface area contributed by atoms with Gasteiger partial charge in [0.2, 0.25) is 10.0 Å². The van der Waals surface area contributed by atoms with Crippen LogP contribution in [0.2, 0.25) is 0 Å². The lowest BCUT2D eigenvalue weighted by Gasteiger charge is -2.13. The zero-order valence-corrected chi connectivity index (χ0v) is 14.3. The van der Waals surface area contributed by atoms with Gasteiger partial charge in [-0.05, 0) is 35.9 Å². The van der Waals surface area contributed by atoms with Gasteiger partial charge in [0.1, 0.15) is 0 Å². The van der Waals surface area contributed by atoms with Crippen LogP contribution in [0.3, 0.4) is 0 Å². The fourth-order valence-electron chi connectivity index (χ4n) is 1.78. The van der Waals surface area contributed by atoms with Gasteiger partial charge in [-0.2, -0.15) is 0 Å². The third-order valence-corrected chi connectivity index (χ3v) is 5.36. The first-order chi connectivity index (χ1) is 9.89. The Hall–Kier alpha value is -1.37. The van der Waals surface area contributed by atoms with Crippen LogP contribution in [-0.4, -0.2) is 26.8 Å². The van der Waals surface area contributed by atoms with E-state index in [1.54, 1.807) is 18.2 Å². The Kier molecular flexibility index (Phi) is 5.03. The molecule has 2 aromatic rings. The Bertz CT molecular complexity index is 713. The number of rotatable bonds is 5. The molecule has 21 heavy (non-hydrogen) atoms. The molecule has 0 radical (unpaired) electrons. The summed E-state index contributed by atoms with van der Waals surface area (Å²) in [7, 11) is -0.351. The van der Waals surface area contributed by atoms with Gasteiger partial charge in [-0.3, -0.25) is 0 Å². The monoisotopic (exact) mass is 368 g/mol. The first-order valence-corrected chi connectivity index (χ1v) is 8.64. The van der Waals surface area contributed by atoms with Crippen molar-refractivity contribution in [1.29, 1.82) is 0 Å². The van der Waals surface area contributed by atoms with Crippen molar-refractivity contribution in [3.8, 4) is 0 Å². The van der Waals surface area contributed by atoms with Crippen molar-refractivity contribution in [3.63, 3.8) is 0 Å². The van der Waals surface area contributed by atoms with E-state index in [0.29, 0.717) is 6.54 Å². The number of halogens is 1. The maximum Gasteiger partial charge on any atom is 0.242 e. The summed E-state index contributed by atoms with van der Waals surface area (Å²) in [5.74, 6) is 0. The summed E-state index contributed by atoms with van der Waals surface area (Å²) in [6, 6.07) is 14.8. The van der Waals surface area contributed by atoms with Crippen LogP contribution in [0, 0.1) is 0 Å². The lowest BCUT2D eigenvalue weighted by Crippen LogP contribution is -2.22. The molecule has 0 aliphatic rings. The van der Waals surface area contributed by atoms with Gasteiger partial charge in [0.05, 0.1) is 4.90 Å². The van der Waals surface area contributed by atoms with Crippen LogP contribution in [0.25, 0.3) is 0 Å². The first kappa shape index (κ1) is 16.0. The molecule has 0 aromatic heterocycles. The Balaban J connectivity index is 2.13. The van der Waals surface area contributed by atoms with Crippen LogP contribution in [0.4, 0.5) is 5.69 Å². The van der Waals surface area contributed by atoms with Crippen LogP contribution >= 0.6 is 15.9 Å². The van der Waals surface area contributed by atoms with Crippen LogP contribution in [0.1, 0.15) is 5.56 Å². The number of hydrogen-bond acceptors (Lipinski definition) is 3. The first-order valence-electron chi connectivity index (χ1n) is 6.40. The second-order valence-corrected chi connectivity index (χ2v) is 7.86. The van der Waals surface area contributed by atoms with E-state index < -0.39 is 10.0 Å². The predicted molar refractivity (Wildman–Crippen MR) is 88.8 cm³/mol. The standard InChI is InChI=1S/C15H17BrN2O2S/c1-18(2)21(19,20)15-5-3-4-14(10-15)17-11-12-6-8-13(16)9-7-12/h3-10,17H,11H2,1-2H3. The quantitative estimate of drug-likeness (QED) is 0.880. The highest BCUT2D eigenvalue weighted by Crippen LogP contribution is 2.19. The summed E-state index contributed by atoms with van der Waals surface area (Å²) in [6.45, 7) is 0.638. The van der Waals surface area contributed by atoms with Crippen molar-refractivity contribution in [1.82, 2.24) is 4.31 Å². The Morgan fingerprint density at radius 1 is 1.10 bits per heavy atom. The van der Waals surface area contributed by atoms with E-state index in [1.165, 1.54) is 18.4 Å². The molecule has 6 heteroatoms. The molecule has 0 atom stereocenters. The lowest BCUT2D eigenvalue weighted by atomic mass is 10.2. The molecule has 0 aliphatic heterocycles.